The van der Waals surface area contributed by atoms with Crippen LogP contribution in [-0.4, -0.2) is 19.7 Å². The van der Waals surface area contributed by atoms with Crippen LogP contribution >= 0.6 is 0 Å². The molecule has 2 aromatic rings. The molecule has 0 saturated carbocycles. The normalized spacial score (nSPS) is 10.2. The zero-order chi connectivity index (χ0) is 13.7. The molecule has 0 bridgehead atoms. The molecule has 0 unspecified atom stereocenters. The molecule has 0 saturated heterocycles. The van der Waals surface area contributed by atoms with Gasteiger partial charge in [0.15, 0.2) is 12.6 Å². The number of rotatable bonds is 5. The Hall–Kier alpha value is -2.20. The summed E-state index contributed by atoms with van der Waals surface area (Å²) in [5.41, 5.74) is 0.665. The van der Waals surface area contributed by atoms with Gasteiger partial charge < -0.3 is 9.47 Å². The molecule has 2 rings (SSSR count). The second kappa shape index (κ2) is 6.11. The van der Waals surface area contributed by atoms with E-state index in [9.17, 15) is 9.18 Å². The second-order valence-electron chi connectivity index (χ2n) is 3.89. The lowest BCUT2D eigenvalue weighted by Gasteiger charge is -2.10. The molecule has 98 valence electrons. The molecular weight excluding hydrogens is 247 g/mol. The van der Waals surface area contributed by atoms with E-state index < -0.39 is 5.82 Å². The van der Waals surface area contributed by atoms with E-state index >= 15 is 0 Å². The van der Waals surface area contributed by atoms with Gasteiger partial charge >= 0.3 is 0 Å². The highest BCUT2D eigenvalue weighted by atomic mass is 19.1. The van der Waals surface area contributed by atoms with Crippen molar-refractivity contribution >= 4 is 5.78 Å². The van der Waals surface area contributed by atoms with E-state index in [1.807, 2.05) is 6.07 Å². The van der Waals surface area contributed by atoms with Crippen molar-refractivity contribution in [1.29, 1.82) is 0 Å². The van der Waals surface area contributed by atoms with Crippen LogP contribution in [-0.2, 0) is 4.74 Å². The summed E-state index contributed by atoms with van der Waals surface area (Å²) in [6.45, 7) is 0.000696. The fraction of sp³-hybridized carbons (Fsp3) is 0.133. The smallest absolute Gasteiger partial charge is 0.196 e. The highest BCUT2D eigenvalue weighted by molar-refractivity contribution is 6.10. The van der Waals surface area contributed by atoms with Crippen LogP contribution in [0.5, 0.6) is 5.75 Å². The molecule has 3 nitrogen and oxygen atoms in total. The Kier molecular flexibility index (Phi) is 4.26. The molecule has 0 fully saturated rings. The van der Waals surface area contributed by atoms with Gasteiger partial charge in [0.05, 0.1) is 5.56 Å². The van der Waals surface area contributed by atoms with Gasteiger partial charge in [0.1, 0.15) is 11.6 Å². The van der Waals surface area contributed by atoms with Crippen LogP contribution in [0.4, 0.5) is 4.39 Å². The lowest BCUT2D eigenvalue weighted by Crippen LogP contribution is -2.07. The molecule has 0 aromatic heterocycles. The number of carbonyl (C=O) groups is 1. The Morgan fingerprint density at radius 3 is 2.58 bits per heavy atom. The van der Waals surface area contributed by atoms with Crippen molar-refractivity contribution in [3.05, 3.63) is 65.5 Å². The van der Waals surface area contributed by atoms with Crippen LogP contribution in [0.25, 0.3) is 0 Å². The Labute approximate surface area is 110 Å². The molecule has 0 aliphatic carbocycles. The standard InChI is InChI=1S/C15H13FO3/c1-18-10-19-14-8-7-12(16)9-13(14)15(17)11-5-3-2-4-6-11/h2-9H,10H2,1H3. The van der Waals surface area contributed by atoms with E-state index in [1.165, 1.54) is 25.3 Å². The number of halogens is 1. The first-order valence-corrected chi connectivity index (χ1v) is 5.73. The number of hydrogen-bond acceptors (Lipinski definition) is 3. The largest absolute Gasteiger partial charge is 0.467 e. The van der Waals surface area contributed by atoms with Crippen molar-refractivity contribution < 1.29 is 18.7 Å². The molecule has 2 aromatic carbocycles. The first-order valence-electron chi connectivity index (χ1n) is 5.73. The Balaban J connectivity index is 2.37. The van der Waals surface area contributed by atoms with Gasteiger partial charge in [-0.05, 0) is 18.2 Å². The van der Waals surface area contributed by atoms with Crippen molar-refractivity contribution in [3.8, 4) is 5.75 Å². The topological polar surface area (TPSA) is 35.5 Å². The highest BCUT2D eigenvalue weighted by Gasteiger charge is 2.15. The van der Waals surface area contributed by atoms with Gasteiger partial charge in [0, 0.05) is 12.7 Å². The summed E-state index contributed by atoms with van der Waals surface area (Å²) in [4.78, 5) is 12.3. The summed E-state index contributed by atoms with van der Waals surface area (Å²) in [6, 6.07) is 12.5. The first-order chi connectivity index (χ1) is 9.22. The van der Waals surface area contributed by atoms with E-state index in [-0.39, 0.29) is 18.1 Å². The molecule has 19 heavy (non-hydrogen) atoms. The number of hydrogen-bond donors (Lipinski definition) is 0. The van der Waals surface area contributed by atoms with E-state index in [1.54, 1.807) is 24.3 Å². The lowest BCUT2D eigenvalue weighted by atomic mass is 10.0. The summed E-state index contributed by atoms with van der Waals surface area (Å²) in [5, 5.41) is 0. The fourth-order valence-electron chi connectivity index (χ4n) is 1.67. The van der Waals surface area contributed by atoms with Crippen LogP contribution in [0.15, 0.2) is 48.5 Å². The van der Waals surface area contributed by atoms with Crippen molar-refractivity contribution in [3.63, 3.8) is 0 Å². The Morgan fingerprint density at radius 2 is 1.89 bits per heavy atom. The van der Waals surface area contributed by atoms with Crippen LogP contribution in [0.3, 0.4) is 0 Å². The molecule has 0 spiro atoms. The molecule has 0 radical (unpaired) electrons. The quantitative estimate of drug-likeness (QED) is 0.612. The third-order valence-electron chi connectivity index (χ3n) is 2.55. The second-order valence-corrected chi connectivity index (χ2v) is 3.89. The number of carbonyl (C=O) groups excluding carboxylic acids is 1. The summed E-state index contributed by atoms with van der Waals surface area (Å²) >= 11 is 0. The molecule has 0 aliphatic heterocycles. The number of methoxy groups -OCH3 is 1. The minimum atomic E-state index is -0.482. The maximum Gasteiger partial charge on any atom is 0.196 e. The Morgan fingerprint density at radius 1 is 1.16 bits per heavy atom. The van der Waals surface area contributed by atoms with Crippen molar-refractivity contribution in [1.82, 2.24) is 0 Å². The molecule has 0 aliphatic rings. The SMILES string of the molecule is COCOc1ccc(F)cc1C(=O)c1ccccc1. The maximum atomic E-state index is 13.3. The van der Waals surface area contributed by atoms with Crippen LogP contribution in [0, 0.1) is 5.82 Å². The van der Waals surface area contributed by atoms with Gasteiger partial charge in [-0.15, -0.1) is 0 Å². The summed E-state index contributed by atoms with van der Waals surface area (Å²) in [5.74, 6) is -0.465. The third kappa shape index (κ3) is 3.17. The highest BCUT2D eigenvalue weighted by Crippen LogP contribution is 2.23. The molecule has 0 amide bonds. The van der Waals surface area contributed by atoms with Crippen LogP contribution in [0.2, 0.25) is 0 Å². The van der Waals surface area contributed by atoms with Crippen molar-refractivity contribution in [2.45, 2.75) is 0 Å². The minimum absolute atomic E-state index is 0.000696. The lowest BCUT2D eigenvalue weighted by molar-refractivity contribution is 0.0503. The molecule has 4 heteroatoms. The minimum Gasteiger partial charge on any atom is -0.467 e. The summed E-state index contributed by atoms with van der Waals surface area (Å²) < 4.78 is 23.4. The molecule has 0 N–H and O–H groups in total. The van der Waals surface area contributed by atoms with Gasteiger partial charge in [-0.25, -0.2) is 4.39 Å². The van der Waals surface area contributed by atoms with E-state index in [0.717, 1.165) is 0 Å². The average Bonchev–Trinajstić information content (AvgIpc) is 2.46. The third-order valence-corrected chi connectivity index (χ3v) is 2.55. The van der Waals surface area contributed by atoms with Crippen LogP contribution in [0.1, 0.15) is 15.9 Å². The molecular formula is C15H13FO3. The van der Waals surface area contributed by atoms with E-state index in [4.69, 9.17) is 9.47 Å². The van der Waals surface area contributed by atoms with Gasteiger partial charge in [0.25, 0.3) is 0 Å². The van der Waals surface area contributed by atoms with Crippen LogP contribution < -0.4 is 4.74 Å². The zero-order valence-corrected chi connectivity index (χ0v) is 10.4. The van der Waals surface area contributed by atoms with Crippen molar-refractivity contribution in [2.24, 2.45) is 0 Å². The first kappa shape index (κ1) is 13.2. The van der Waals surface area contributed by atoms with Gasteiger partial charge in [-0.2, -0.15) is 0 Å². The molecule has 0 heterocycles. The van der Waals surface area contributed by atoms with Gasteiger partial charge in [0.2, 0.25) is 0 Å². The predicted octanol–water partition coefficient (Wildman–Crippen LogP) is 3.04. The molecule has 0 atom stereocenters. The van der Waals surface area contributed by atoms with Crippen molar-refractivity contribution in [2.75, 3.05) is 13.9 Å². The predicted molar refractivity (Wildman–Crippen MR) is 68.8 cm³/mol. The summed E-state index contributed by atoms with van der Waals surface area (Å²) in [7, 11) is 1.47. The van der Waals surface area contributed by atoms with Gasteiger partial charge in [-0.3, -0.25) is 4.79 Å². The van der Waals surface area contributed by atoms with E-state index in [2.05, 4.69) is 0 Å². The number of ether oxygens (including phenoxy) is 2. The fourth-order valence-corrected chi connectivity index (χ4v) is 1.67. The van der Waals surface area contributed by atoms with E-state index in [0.29, 0.717) is 11.3 Å². The number of benzene rings is 2. The Bertz CT molecular complexity index is 567. The zero-order valence-electron chi connectivity index (χ0n) is 10.4. The number of ketones is 1. The average molecular weight is 260 g/mol. The summed E-state index contributed by atoms with van der Waals surface area (Å²) in [6.07, 6.45) is 0. The van der Waals surface area contributed by atoms with Gasteiger partial charge in [-0.1, -0.05) is 30.3 Å². The monoisotopic (exact) mass is 260 g/mol. The maximum absolute atomic E-state index is 13.3.